The van der Waals surface area contributed by atoms with Gasteiger partial charge in [-0.15, -0.1) is 0 Å². The van der Waals surface area contributed by atoms with Crippen LogP contribution in [-0.2, 0) is 4.79 Å². The first-order valence-electron chi connectivity index (χ1n) is 8.52. The number of hydrogen-bond donors (Lipinski definition) is 1. The Morgan fingerprint density at radius 1 is 1.10 bits per heavy atom. The van der Waals surface area contributed by atoms with Gasteiger partial charge in [0, 0.05) is 6.07 Å². The molecule has 2 aromatic carbocycles. The van der Waals surface area contributed by atoms with E-state index in [0.717, 1.165) is 0 Å². The zero-order chi connectivity index (χ0) is 20.8. The smallest absolute Gasteiger partial charge is 0.263 e. The molecular formula is C20H18ClNO5S2. The molecule has 0 saturated carbocycles. The molecule has 9 heteroatoms. The molecule has 1 aliphatic rings. The average molecular weight is 452 g/mol. The van der Waals surface area contributed by atoms with E-state index < -0.39 is 0 Å². The molecule has 0 spiro atoms. The van der Waals surface area contributed by atoms with Gasteiger partial charge in [-0.1, -0.05) is 41.6 Å². The third kappa shape index (κ3) is 5.56. The number of benzene rings is 2. The van der Waals surface area contributed by atoms with E-state index in [1.54, 1.807) is 31.4 Å². The fourth-order valence-corrected chi connectivity index (χ4v) is 3.85. The number of thioether (sulfide) groups is 1. The molecule has 0 bridgehead atoms. The number of carbonyl (C=O) groups excluding carboxylic acids is 1. The number of nitrogens with one attached hydrogen (secondary N) is 1. The van der Waals surface area contributed by atoms with Crippen molar-refractivity contribution in [3.05, 3.63) is 51.9 Å². The standard InChI is InChI=1S/C20H18ClNO5S2/c1-24-13-4-3-5-14(11-13)26-6-7-27-18-15(21)8-12(9-16(18)25-2)10-17-19(23)22-20(28)29-17/h3-5,8-11H,6-7H2,1-2H3,(H,22,23,28). The molecule has 1 saturated heterocycles. The molecule has 1 N–H and O–H groups in total. The van der Waals surface area contributed by atoms with E-state index in [1.165, 1.54) is 18.9 Å². The molecule has 1 fully saturated rings. The molecule has 29 heavy (non-hydrogen) atoms. The van der Waals surface area contributed by atoms with E-state index in [9.17, 15) is 4.79 Å². The molecule has 0 atom stereocenters. The summed E-state index contributed by atoms with van der Waals surface area (Å²) in [4.78, 5) is 12.3. The van der Waals surface area contributed by atoms with Gasteiger partial charge in [0.2, 0.25) is 0 Å². The second-order valence-electron chi connectivity index (χ2n) is 5.76. The van der Waals surface area contributed by atoms with Crippen LogP contribution in [0, 0.1) is 0 Å². The fourth-order valence-electron chi connectivity index (χ4n) is 2.53. The van der Waals surface area contributed by atoms with Crippen molar-refractivity contribution in [1.82, 2.24) is 5.32 Å². The fraction of sp³-hybridized carbons (Fsp3) is 0.200. The minimum Gasteiger partial charge on any atom is -0.497 e. The van der Waals surface area contributed by atoms with E-state index in [-0.39, 0.29) is 12.5 Å². The average Bonchev–Trinajstić information content (AvgIpc) is 3.02. The molecule has 1 heterocycles. The topological polar surface area (TPSA) is 66.0 Å². The predicted molar refractivity (Wildman–Crippen MR) is 118 cm³/mol. The van der Waals surface area contributed by atoms with Gasteiger partial charge in [-0.2, -0.15) is 0 Å². The highest BCUT2D eigenvalue weighted by Crippen LogP contribution is 2.38. The Labute approximate surface area is 183 Å². The molecule has 6 nitrogen and oxygen atoms in total. The van der Waals surface area contributed by atoms with Crippen LogP contribution in [-0.4, -0.2) is 37.7 Å². The number of ether oxygens (including phenoxy) is 4. The summed E-state index contributed by atoms with van der Waals surface area (Å²) in [7, 11) is 3.12. The van der Waals surface area contributed by atoms with Gasteiger partial charge in [0.15, 0.2) is 11.5 Å². The van der Waals surface area contributed by atoms with Gasteiger partial charge in [0.25, 0.3) is 5.91 Å². The molecule has 3 rings (SSSR count). The lowest BCUT2D eigenvalue weighted by Gasteiger charge is -2.14. The highest BCUT2D eigenvalue weighted by molar-refractivity contribution is 8.26. The number of amides is 1. The summed E-state index contributed by atoms with van der Waals surface area (Å²) in [5.74, 6) is 2.03. The van der Waals surface area contributed by atoms with Crippen molar-refractivity contribution in [3.63, 3.8) is 0 Å². The van der Waals surface area contributed by atoms with E-state index in [0.29, 0.717) is 49.4 Å². The maximum atomic E-state index is 11.8. The van der Waals surface area contributed by atoms with Crippen molar-refractivity contribution >= 4 is 51.9 Å². The van der Waals surface area contributed by atoms with Gasteiger partial charge in [0.05, 0.1) is 24.1 Å². The second kappa shape index (κ2) is 9.87. The summed E-state index contributed by atoms with van der Waals surface area (Å²) in [6, 6.07) is 10.8. The van der Waals surface area contributed by atoms with Crippen LogP contribution < -0.4 is 24.3 Å². The van der Waals surface area contributed by atoms with Crippen LogP contribution in [0.15, 0.2) is 41.3 Å². The van der Waals surface area contributed by atoms with Gasteiger partial charge in [-0.05, 0) is 35.9 Å². The highest BCUT2D eigenvalue weighted by atomic mass is 35.5. The van der Waals surface area contributed by atoms with E-state index >= 15 is 0 Å². The Bertz CT molecular complexity index is 964. The van der Waals surface area contributed by atoms with Crippen molar-refractivity contribution < 1.29 is 23.7 Å². The Kier molecular flexibility index (Phi) is 7.24. The van der Waals surface area contributed by atoms with Crippen molar-refractivity contribution in [2.24, 2.45) is 0 Å². The SMILES string of the molecule is COc1cccc(OCCOc2c(Cl)cc(C=C3SC(=S)NC3=O)cc2OC)c1. The first kappa shape index (κ1) is 21.3. The lowest BCUT2D eigenvalue weighted by Crippen LogP contribution is -2.17. The summed E-state index contributed by atoms with van der Waals surface area (Å²) in [6.07, 6.45) is 1.70. The molecule has 0 unspecified atom stereocenters. The molecule has 0 radical (unpaired) electrons. The zero-order valence-electron chi connectivity index (χ0n) is 15.7. The predicted octanol–water partition coefficient (Wildman–Crippen LogP) is 4.30. The van der Waals surface area contributed by atoms with Crippen LogP contribution in [0.5, 0.6) is 23.0 Å². The van der Waals surface area contributed by atoms with Crippen molar-refractivity contribution in [2.75, 3.05) is 27.4 Å². The van der Waals surface area contributed by atoms with Crippen molar-refractivity contribution in [3.8, 4) is 23.0 Å². The molecule has 0 aromatic heterocycles. The lowest BCUT2D eigenvalue weighted by molar-refractivity contribution is -0.115. The van der Waals surface area contributed by atoms with E-state index in [2.05, 4.69) is 5.32 Å². The van der Waals surface area contributed by atoms with E-state index in [4.69, 9.17) is 42.8 Å². The number of methoxy groups -OCH3 is 2. The Morgan fingerprint density at radius 2 is 1.86 bits per heavy atom. The van der Waals surface area contributed by atoms with Crippen LogP contribution in [0.25, 0.3) is 6.08 Å². The Hall–Kier alpha value is -2.42. The summed E-state index contributed by atoms with van der Waals surface area (Å²) in [6.45, 7) is 0.576. The van der Waals surface area contributed by atoms with Gasteiger partial charge in [-0.3, -0.25) is 4.79 Å². The zero-order valence-corrected chi connectivity index (χ0v) is 18.1. The highest BCUT2D eigenvalue weighted by Gasteiger charge is 2.22. The van der Waals surface area contributed by atoms with Gasteiger partial charge in [-0.25, -0.2) is 0 Å². The number of hydrogen-bond acceptors (Lipinski definition) is 7. The van der Waals surface area contributed by atoms with Gasteiger partial charge < -0.3 is 24.3 Å². The summed E-state index contributed by atoms with van der Waals surface area (Å²) >= 11 is 12.6. The Morgan fingerprint density at radius 3 is 2.55 bits per heavy atom. The minimum absolute atomic E-state index is 0.231. The first-order valence-corrected chi connectivity index (χ1v) is 10.1. The first-order chi connectivity index (χ1) is 14.0. The van der Waals surface area contributed by atoms with Crippen LogP contribution in [0.3, 0.4) is 0 Å². The lowest BCUT2D eigenvalue weighted by atomic mass is 10.2. The minimum atomic E-state index is -0.231. The van der Waals surface area contributed by atoms with Gasteiger partial charge >= 0.3 is 0 Å². The summed E-state index contributed by atoms with van der Waals surface area (Å²) in [5.41, 5.74) is 0.703. The van der Waals surface area contributed by atoms with Crippen molar-refractivity contribution in [1.29, 1.82) is 0 Å². The maximum Gasteiger partial charge on any atom is 0.263 e. The van der Waals surface area contributed by atoms with Crippen LogP contribution in [0.1, 0.15) is 5.56 Å². The van der Waals surface area contributed by atoms with Crippen molar-refractivity contribution in [2.45, 2.75) is 0 Å². The molecular weight excluding hydrogens is 434 g/mol. The van der Waals surface area contributed by atoms with Gasteiger partial charge in [0.1, 0.15) is 29.0 Å². The van der Waals surface area contributed by atoms with Crippen LogP contribution >= 0.6 is 35.6 Å². The molecule has 2 aromatic rings. The summed E-state index contributed by atoms with van der Waals surface area (Å²) in [5, 5.41) is 2.94. The number of carbonyl (C=O) groups is 1. The number of thiocarbonyl (C=S) groups is 1. The third-order valence-electron chi connectivity index (χ3n) is 3.83. The normalized spacial score (nSPS) is 14.7. The largest absolute Gasteiger partial charge is 0.497 e. The van der Waals surface area contributed by atoms with Crippen LogP contribution in [0.2, 0.25) is 5.02 Å². The molecule has 152 valence electrons. The maximum absolute atomic E-state index is 11.8. The number of rotatable bonds is 8. The van der Waals surface area contributed by atoms with Crippen LogP contribution in [0.4, 0.5) is 0 Å². The third-order valence-corrected chi connectivity index (χ3v) is 5.27. The molecule has 1 amide bonds. The second-order valence-corrected chi connectivity index (χ2v) is 7.89. The number of halogens is 1. The Balaban J connectivity index is 1.65. The molecule has 0 aliphatic carbocycles. The quantitative estimate of drug-likeness (QED) is 0.364. The van der Waals surface area contributed by atoms with E-state index in [1.807, 2.05) is 18.2 Å². The summed E-state index contributed by atoms with van der Waals surface area (Å²) < 4.78 is 22.4. The monoisotopic (exact) mass is 451 g/mol. The molecule has 1 aliphatic heterocycles.